The molecule has 3 N–H and O–H groups in total. The van der Waals surface area contributed by atoms with E-state index < -0.39 is 21.7 Å². The van der Waals surface area contributed by atoms with Crippen molar-refractivity contribution in [1.29, 1.82) is 0 Å². The summed E-state index contributed by atoms with van der Waals surface area (Å²) in [7, 11) is -3.85. The highest BCUT2D eigenvalue weighted by Crippen LogP contribution is 2.24. The molecule has 0 atom stereocenters. The number of nitrogens with two attached hydrogens (primary N) is 1. The van der Waals surface area contributed by atoms with Gasteiger partial charge in [0.25, 0.3) is 10.0 Å². The van der Waals surface area contributed by atoms with E-state index in [2.05, 4.69) is 4.72 Å². The SMILES string of the molecule is NCc1sccc1S(=O)(=O)Nc1ccc(F)c(F)c1. The first-order chi connectivity index (χ1) is 8.94. The van der Waals surface area contributed by atoms with Gasteiger partial charge in [-0.15, -0.1) is 11.3 Å². The lowest BCUT2D eigenvalue weighted by atomic mass is 10.3. The summed E-state index contributed by atoms with van der Waals surface area (Å²) in [6.45, 7) is 0.0890. The van der Waals surface area contributed by atoms with Gasteiger partial charge in [0.2, 0.25) is 0 Å². The van der Waals surface area contributed by atoms with E-state index in [1.807, 2.05) is 0 Å². The van der Waals surface area contributed by atoms with Crippen LogP contribution in [0.5, 0.6) is 0 Å². The maximum Gasteiger partial charge on any atom is 0.263 e. The van der Waals surface area contributed by atoms with Crippen LogP contribution in [0.25, 0.3) is 0 Å². The van der Waals surface area contributed by atoms with E-state index in [9.17, 15) is 17.2 Å². The summed E-state index contributed by atoms with van der Waals surface area (Å²) in [4.78, 5) is 0.541. The molecule has 0 saturated heterocycles. The van der Waals surface area contributed by atoms with Crippen molar-refractivity contribution in [3.05, 3.63) is 46.2 Å². The van der Waals surface area contributed by atoms with E-state index in [0.29, 0.717) is 4.88 Å². The molecule has 0 radical (unpaired) electrons. The fraction of sp³-hybridized carbons (Fsp3) is 0.0909. The number of hydrogen-bond acceptors (Lipinski definition) is 4. The number of halogens is 2. The highest BCUT2D eigenvalue weighted by atomic mass is 32.2. The van der Waals surface area contributed by atoms with Crippen molar-refractivity contribution < 1.29 is 17.2 Å². The highest BCUT2D eigenvalue weighted by Gasteiger charge is 2.19. The lowest BCUT2D eigenvalue weighted by Gasteiger charge is -2.08. The summed E-state index contributed by atoms with van der Waals surface area (Å²) in [5.41, 5.74) is 5.39. The van der Waals surface area contributed by atoms with E-state index in [0.717, 1.165) is 18.2 Å². The Hall–Kier alpha value is -1.51. The zero-order valence-corrected chi connectivity index (χ0v) is 11.2. The number of rotatable bonds is 4. The lowest BCUT2D eigenvalue weighted by Crippen LogP contribution is -2.14. The molecule has 8 heteroatoms. The van der Waals surface area contributed by atoms with E-state index >= 15 is 0 Å². The zero-order valence-electron chi connectivity index (χ0n) is 9.56. The van der Waals surface area contributed by atoms with Gasteiger partial charge < -0.3 is 5.73 Å². The number of anilines is 1. The first-order valence-corrected chi connectivity index (χ1v) is 7.54. The topological polar surface area (TPSA) is 72.2 Å². The van der Waals surface area contributed by atoms with Gasteiger partial charge in [-0.05, 0) is 23.6 Å². The molecule has 0 aliphatic carbocycles. The Kier molecular flexibility index (Phi) is 3.83. The summed E-state index contributed by atoms with van der Waals surface area (Å²) >= 11 is 1.21. The number of benzene rings is 1. The number of nitrogens with one attached hydrogen (secondary N) is 1. The Labute approximate surface area is 112 Å². The van der Waals surface area contributed by atoms with Crippen LogP contribution in [0.2, 0.25) is 0 Å². The molecule has 1 aromatic carbocycles. The van der Waals surface area contributed by atoms with E-state index in [1.165, 1.54) is 17.4 Å². The molecule has 0 unspecified atom stereocenters. The first-order valence-electron chi connectivity index (χ1n) is 5.18. The number of sulfonamides is 1. The van der Waals surface area contributed by atoms with Crippen molar-refractivity contribution in [2.45, 2.75) is 11.4 Å². The third kappa shape index (κ3) is 2.91. The van der Waals surface area contributed by atoms with E-state index in [1.54, 1.807) is 5.38 Å². The Morgan fingerprint density at radius 2 is 1.95 bits per heavy atom. The van der Waals surface area contributed by atoms with Gasteiger partial charge in [-0.2, -0.15) is 0 Å². The van der Waals surface area contributed by atoms with E-state index in [-0.39, 0.29) is 17.1 Å². The maximum absolute atomic E-state index is 13.0. The predicted molar refractivity (Wildman–Crippen MR) is 69.4 cm³/mol. The summed E-state index contributed by atoms with van der Waals surface area (Å²) in [6.07, 6.45) is 0. The van der Waals surface area contributed by atoms with Gasteiger partial charge in [-0.25, -0.2) is 17.2 Å². The quantitative estimate of drug-likeness (QED) is 0.910. The van der Waals surface area contributed by atoms with Crippen molar-refractivity contribution in [2.75, 3.05) is 4.72 Å². The van der Waals surface area contributed by atoms with E-state index in [4.69, 9.17) is 5.73 Å². The molecule has 2 rings (SSSR count). The van der Waals surface area contributed by atoms with Crippen molar-refractivity contribution in [1.82, 2.24) is 0 Å². The third-order valence-corrected chi connectivity index (χ3v) is 4.89. The summed E-state index contributed by atoms with van der Waals surface area (Å²) in [6, 6.07) is 4.19. The van der Waals surface area contributed by atoms with Crippen LogP contribution in [0.1, 0.15) is 4.88 Å². The van der Waals surface area contributed by atoms with Crippen molar-refractivity contribution in [2.24, 2.45) is 5.73 Å². The average Bonchev–Trinajstić information content (AvgIpc) is 2.82. The highest BCUT2D eigenvalue weighted by molar-refractivity contribution is 7.93. The van der Waals surface area contributed by atoms with Crippen LogP contribution < -0.4 is 10.5 Å². The minimum atomic E-state index is -3.85. The Morgan fingerprint density at radius 1 is 1.21 bits per heavy atom. The van der Waals surface area contributed by atoms with Gasteiger partial charge in [0, 0.05) is 17.5 Å². The monoisotopic (exact) mass is 304 g/mol. The van der Waals surface area contributed by atoms with Gasteiger partial charge in [-0.1, -0.05) is 0 Å². The molecule has 19 heavy (non-hydrogen) atoms. The Bertz CT molecular complexity index is 698. The smallest absolute Gasteiger partial charge is 0.263 e. The van der Waals surface area contributed by atoms with Crippen molar-refractivity contribution in [3.63, 3.8) is 0 Å². The molecule has 0 fully saturated rings. The second kappa shape index (κ2) is 5.24. The molecular weight excluding hydrogens is 294 g/mol. The molecular formula is C11H10F2N2O2S2. The molecule has 1 heterocycles. The van der Waals surface area contributed by atoms with Crippen LogP contribution in [0.4, 0.5) is 14.5 Å². The molecule has 0 aliphatic rings. The second-order valence-corrected chi connectivity index (χ2v) is 6.30. The fourth-order valence-corrected chi connectivity index (χ4v) is 3.87. The standard InChI is InChI=1S/C11H10F2N2O2S2/c12-8-2-1-7(5-9(8)13)15-19(16,17)11-3-4-18-10(11)6-14/h1-5,15H,6,14H2. The van der Waals surface area contributed by atoms with Gasteiger partial charge in [0.1, 0.15) is 4.90 Å². The van der Waals surface area contributed by atoms with Crippen molar-refractivity contribution in [3.8, 4) is 0 Å². The van der Waals surface area contributed by atoms with Crippen LogP contribution in [-0.2, 0) is 16.6 Å². The van der Waals surface area contributed by atoms with Crippen LogP contribution in [0.3, 0.4) is 0 Å². The van der Waals surface area contributed by atoms with Gasteiger partial charge in [0.15, 0.2) is 11.6 Å². The molecule has 0 aliphatic heterocycles. The lowest BCUT2D eigenvalue weighted by molar-refractivity contribution is 0.509. The van der Waals surface area contributed by atoms with Gasteiger partial charge in [-0.3, -0.25) is 4.72 Å². The van der Waals surface area contributed by atoms with Crippen LogP contribution in [-0.4, -0.2) is 8.42 Å². The van der Waals surface area contributed by atoms with Crippen LogP contribution in [0, 0.1) is 11.6 Å². The minimum absolute atomic E-state index is 0.0460. The number of thiophene rings is 1. The predicted octanol–water partition coefficient (Wildman–Crippen LogP) is 2.29. The normalized spacial score (nSPS) is 11.5. The average molecular weight is 304 g/mol. The molecule has 0 spiro atoms. The Morgan fingerprint density at radius 3 is 2.58 bits per heavy atom. The number of hydrogen-bond donors (Lipinski definition) is 2. The minimum Gasteiger partial charge on any atom is -0.326 e. The Balaban J connectivity index is 2.34. The molecule has 0 bridgehead atoms. The fourth-order valence-electron chi connectivity index (χ4n) is 1.49. The van der Waals surface area contributed by atoms with Crippen LogP contribution in [0.15, 0.2) is 34.5 Å². The molecule has 4 nitrogen and oxygen atoms in total. The van der Waals surface area contributed by atoms with Crippen LogP contribution >= 0.6 is 11.3 Å². The molecule has 0 amide bonds. The maximum atomic E-state index is 13.0. The summed E-state index contributed by atoms with van der Waals surface area (Å²) in [5.74, 6) is -2.16. The summed E-state index contributed by atoms with van der Waals surface area (Å²) < 4.78 is 52.1. The van der Waals surface area contributed by atoms with Crippen molar-refractivity contribution >= 4 is 27.0 Å². The molecule has 0 saturated carbocycles. The summed E-state index contributed by atoms with van der Waals surface area (Å²) in [5, 5.41) is 1.60. The second-order valence-electron chi connectivity index (χ2n) is 3.65. The largest absolute Gasteiger partial charge is 0.326 e. The molecule has 1 aromatic heterocycles. The first kappa shape index (κ1) is 13.9. The van der Waals surface area contributed by atoms with Gasteiger partial charge >= 0.3 is 0 Å². The molecule has 102 valence electrons. The zero-order chi connectivity index (χ0) is 14.0. The van der Waals surface area contributed by atoms with Gasteiger partial charge in [0.05, 0.1) is 5.69 Å². The third-order valence-electron chi connectivity index (χ3n) is 2.35. The molecule has 2 aromatic rings.